The zero-order valence-corrected chi connectivity index (χ0v) is 28.4. The van der Waals surface area contributed by atoms with Gasteiger partial charge in [0.15, 0.2) is 0 Å². The maximum absolute atomic E-state index is 3.06. The van der Waals surface area contributed by atoms with Crippen molar-refractivity contribution in [2.24, 2.45) is 0 Å². The second-order valence-corrected chi connectivity index (χ2v) is 10.3. The molecule has 0 aliphatic rings. The first-order valence-corrected chi connectivity index (χ1v) is 17.3. The van der Waals surface area contributed by atoms with E-state index in [0.717, 1.165) is 0 Å². The molecule has 6 aromatic carbocycles. The fourth-order valence-corrected chi connectivity index (χ4v) is 5.11. The Morgan fingerprint density at radius 3 is 1.95 bits per heavy atom. The number of hydrogen-bond acceptors (Lipinski definition) is 0. The van der Waals surface area contributed by atoms with Crippen LogP contribution in [0.3, 0.4) is 0 Å². The SMILES string of the molecule is Cc1cc2c(-c3ccccc3)ccc(C)c2[cH-]1.Cc1cccc(-c2cccc3[cH-]c(C(C)C)cc23)c1.[CH3-].[CH3-].[Si]=[Zr]. The van der Waals surface area contributed by atoms with Gasteiger partial charge in [0, 0.05) is 0 Å². The van der Waals surface area contributed by atoms with Gasteiger partial charge in [0.2, 0.25) is 0 Å². The van der Waals surface area contributed by atoms with Crippen LogP contribution in [0.4, 0.5) is 0 Å². The predicted octanol–water partition coefficient (Wildman–Crippen LogP) is 11.0. The van der Waals surface area contributed by atoms with Crippen molar-refractivity contribution in [3.8, 4) is 22.3 Å². The van der Waals surface area contributed by atoms with Crippen LogP contribution in [0.15, 0.2) is 109 Å². The Labute approximate surface area is 259 Å². The summed E-state index contributed by atoms with van der Waals surface area (Å²) in [5.41, 5.74) is 10.7. The fraction of sp³-hybridized carbons (Fsp3) is 0.158. The van der Waals surface area contributed by atoms with E-state index in [1.54, 1.807) is 0 Å². The van der Waals surface area contributed by atoms with Crippen LogP contribution in [-0.2, 0) is 23.3 Å². The molecule has 0 fully saturated rings. The molecule has 0 nitrogen and oxygen atoms in total. The molecular weight excluding hydrogens is 576 g/mol. The standard InChI is InChI=1S/C19H19.C17H15.2CH3.Si.Zr/c1-13(2)17-11-16-8-5-9-18(19(16)12-17)15-7-4-6-14(3)10-15;1-12-10-16-13(2)8-9-15(17(16)11-12)14-6-4-3-5-7-14;;;;/h4-13H,1-3H3;3-11H,1-2H3;2*1H3;;/q4*-1;;. The summed E-state index contributed by atoms with van der Waals surface area (Å²) in [6, 6.07) is 39.6. The van der Waals surface area contributed by atoms with Crippen molar-refractivity contribution < 1.29 is 23.3 Å². The van der Waals surface area contributed by atoms with Gasteiger partial charge in [-0.15, -0.1) is 68.6 Å². The molecule has 0 heterocycles. The van der Waals surface area contributed by atoms with Crippen molar-refractivity contribution >= 4 is 28.4 Å². The fourth-order valence-electron chi connectivity index (χ4n) is 5.11. The van der Waals surface area contributed by atoms with Crippen LogP contribution >= 0.6 is 0 Å². The Kier molecular flexibility index (Phi) is 12.8. The molecule has 0 aliphatic carbocycles. The third-order valence-corrected chi connectivity index (χ3v) is 7.10. The zero-order chi connectivity index (χ0) is 27.2. The molecular formula is C38H40SiZr-4. The third-order valence-electron chi connectivity index (χ3n) is 7.10. The van der Waals surface area contributed by atoms with Crippen LogP contribution in [0, 0.1) is 35.6 Å². The van der Waals surface area contributed by atoms with E-state index in [4.69, 9.17) is 0 Å². The Hall–Kier alpha value is -2.80. The summed E-state index contributed by atoms with van der Waals surface area (Å²) in [6.45, 7) is 14.0. The molecule has 0 aliphatic heterocycles. The molecule has 0 spiro atoms. The predicted molar refractivity (Wildman–Crippen MR) is 177 cm³/mol. The second-order valence-electron chi connectivity index (χ2n) is 10.3. The van der Waals surface area contributed by atoms with Crippen molar-refractivity contribution in [1.82, 2.24) is 0 Å². The molecule has 204 valence electrons. The minimum atomic E-state index is 0. The van der Waals surface area contributed by atoms with E-state index < -0.39 is 0 Å². The van der Waals surface area contributed by atoms with Gasteiger partial charge in [0.05, 0.1) is 0 Å². The van der Waals surface area contributed by atoms with E-state index in [0.29, 0.717) is 5.92 Å². The molecule has 6 aromatic rings. The molecule has 0 bridgehead atoms. The molecule has 0 unspecified atom stereocenters. The number of hydrogen-bond donors (Lipinski definition) is 0. The third kappa shape index (κ3) is 7.48. The van der Waals surface area contributed by atoms with Crippen molar-refractivity contribution in [3.63, 3.8) is 0 Å². The van der Waals surface area contributed by atoms with E-state index in [2.05, 4.69) is 151 Å². The van der Waals surface area contributed by atoms with E-state index >= 15 is 0 Å². The Morgan fingerprint density at radius 1 is 0.625 bits per heavy atom. The topological polar surface area (TPSA) is 0 Å². The monoisotopic (exact) mass is 614 g/mol. The molecule has 2 radical (unpaired) electrons. The first-order chi connectivity index (χ1) is 18.4. The molecule has 0 amide bonds. The molecule has 0 N–H and O–H groups in total. The van der Waals surface area contributed by atoms with Crippen LogP contribution in [0.2, 0.25) is 0 Å². The molecule has 40 heavy (non-hydrogen) atoms. The van der Waals surface area contributed by atoms with E-state index in [1.165, 1.54) is 89.4 Å². The van der Waals surface area contributed by atoms with Gasteiger partial charge in [-0.1, -0.05) is 111 Å². The summed E-state index contributed by atoms with van der Waals surface area (Å²) in [5.74, 6) is 0.581. The Morgan fingerprint density at radius 2 is 1.27 bits per heavy atom. The molecule has 6 rings (SSSR count). The average Bonchev–Trinajstić information content (AvgIpc) is 3.55. The maximum atomic E-state index is 3.06. The Balaban J connectivity index is 0.000000253. The number of benzene rings is 4. The summed E-state index contributed by atoms with van der Waals surface area (Å²) in [5, 5.41) is 5.47. The van der Waals surface area contributed by atoms with Gasteiger partial charge in [-0.2, -0.15) is 12.1 Å². The molecule has 2 heteroatoms. The van der Waals surface area contributed by atoms with Gasteiger partial charge < -0.3 is 14.9 Å². The van der Waals surface area contributed by atoms with Crippen molar-refractivity contribution in [2.45, 2.75) is 40.5 Å². The molecule has 0 aromatic heterocycles. The number of rotatable bonds is 3. The Bertz CT molecular complexity index is 1650. The minimum absolute atomic E-state index is 0. The number of fused-ring (bicyclic) bond motifs is 2. The number of aryl methyl sites for hydroxylation is 3. The van der Waals surface area contributed by atoms with Crippen LogP contribution in [0.1, 0.15) is 42.0 Å². The van der Waals surface area contributed by atoms with E-state index in [1.807, 2.05) is 0 Å². The van der Waals surface area contributed by atoms with Gasteiger partial charge in [-0.25, -0.2) is 0 Å². The molecule has 0 saturated heterocycles. The zero-order valence-electron chi connectivity index (χ0n) is 25.0. The molecule has 0 atom stereocenters. The summed E-state index contributed by atoms with van der Waals surface area (Å²) >= 11 is 1.36. The summed E-state index contributed by atoms with van der Waals surface area (Å²) in [6.07, 6.45) is 0. The van der Waals surface area contributed by atoms with Crippen molar-refractivity contribution in [1.29, 1.82) is 0 Å². The summed E-state index contributed by atoms with van der Waals surface area (Å²) in [7, 11) is 0. The van der Waals surface area contributed by atoms with Crippen LogP contribution in [0.5, 0.6) is 0 Å². The van der Waals surface area contributed by atoms with Crippen molar-refractivity contribution in [2.75, 3.05) is 0 Å². The van der Waals surface area contributed by atoms with Gasteiger partial charge in [0.1, 0.15) is 0 Å². The van der Waals surface area contributed by atoms with Crippen LogP contribution in [-0.4, -0.2) is 6.88 Å². The average molecular weight is 616 g/mol. The first kappa shape index (κ1) is 33.4. The van der Waals surface area contributed by atoms with E-state index in [9.17, 15) is 0 Å². The van der Waals surface area contributed by atoms with Gasteiger partial charge >= 0.3 is 30.2 Å². The van der Waals surface area contributed by atoms with Crippen LogP contribution < -0.4 is 0 Å². The first-order valence-electron chi connectivity index (χ1n) is 13.1. The van der Waals surface area contributed by atoms with Gasteiger partial charge in [-0.3, -0.25) is 0 Å². The summed E-state index contributed by atoms with van der Waals surface area (Å²) in [4.78, 5) is 0. The quantitative estimate of drug-likeness (QED) is 0.137. The van der Waals surface area contributed by atoms with Crippen LogP contribution in [0.25, 0.3) is 43.8 Å². The second kappa shape index (κ2) is 15.3. The van der Waals surface area contributed by atoms with E-state index in [-0.39, 0.29) is 14.9 Å². The van der Waals surface area contributed by atoms with Gasteiger partial charge in [-0.05, 0) is 24.0 Å². The normalized spacial score (nSPS) is 10.1. The van der Waals surface area contributed by atoms with Crippen molar-refractivity contribution in [3.05, 3.63) is 146 Å². The van der Waals surface area contributed by atoms with Gasteiger partial charge in [0.25, 0.3) is 0 Å². The summed E-state index contributed by atoms with van der Waals surface area (Å²) < 4.78 is 0. The molecule has 0 saturated carbocycles.